The van der Waals surface area contributed by atoms with Gasteiger partial charge in [0.15, 0.2) is 0 Å². The Kier molecular flexibility index (Phi) is 3.71. The fourth-order valence-electron chi connectivity index (χ4n) is 1.26. The Hall–Kier alpha value is -1.24. The molecule has 0 aliphatic carbocycles. The SMILES string of the molecule is Cc1cc(C(N)C(F)(F)C(F)F)c(F)cc1F. The largest absolute Gasteiger partial charge is 0.326 e. The van der Waals surface area contributed by atoms with Gasteiger partial charge in [0, 0.05) is 11.6 Å². The minimum atomic E-state index is -4.58. The summed E-state index contributed by atoms with van der Waals surface area (Å²) in [4.78, 5) is 0. The van der Waals surface area contributed by atoms with Gasteiger partial charge in [0.25, 0.3) is 0 Å². The first-order valence-electron chi connectivity index (χ1n) is 4.55. The number of rotatable bonds is 3. The highest BCUT2D eigenvalue weighted by Gasteiger charge is 2.48. The summed E-state index contributed by atoms with van der Waals surface area (Å²) < 4.78 is 75.9. The van der Waals surface area contributed by atoms with Crippen molar-refractivity contribution < 1.29 is 26.3 Å². The number of aryl methyl sites for hydroxylation is 1. The normalized spacial score (nSPS) is 14.2. The van der Waals surface area contributed by atoms with Crippen LogP contribution >= 0.6 is 0 Å². The summed E-state index contributed by atoms with van der Waals surface area (Å²) in [5.41, 5.74) is 3.91. The zero-order valence-corrected chi connectivity index (χ0v) is 8.65. The highest BCUT2D eigenvalue weighted by atomic mass is 19.3. The van der Waals surface area contributed by atoms with Crippen LogP contribution in [-0.2, 0) is 0 Å². The van der Waals surface area contributed by atoms with E-state index < -0.39 is 35.6 Å². The lowest BCUT2D eigenvalue weighted by Crippen LogP contribution is -2.40. The van der Waals surface area contributed by atoms with Crippen molar-refractivity contribution in [2.45, 2.75) is 25.3 Å². The van der Waals surface area contributed by atoms with Crippen LogP contribution < -0.4 is 5.73 Å². The summed E-state index contributed by atoms with van der Waals surface area (Å²) in [6, 6.07) is -1.49. The van der Waals surface area contributed by atoms with Gasteiger partial charge in [-0.05, 0) is 18.6 Å². The van der Waals surface area contributed by atoms with Crippen LogP contribution in [0.3, 0.4) is 0 Å². The second-order valence-electron chi connectivity index (χ2n) is 3.58. The lowest BCUT2D eigenvalue weighted by Gasteiger charge is -2.23. The molecule has 2 N–H and O–H groups in total. The molecule has 1 atom stereocenters. The minimum absolute atomic E-state index is 0.151. The van der Waals surface area contributed by atoms with E-state index in [0.29, 0.717) is 12.1 Å². The molecular weight excluding hydrogens is 248 g/mol. The molecule has 17 heavy (non-hydrogen) atoms. The second-order valence-corrected chi connectivity index (χ2v) is 3.58. The van der Waals surface area contributed by atoms with Gasteiger partial charge >= 0.3 is 12.3 Å². The van der Waals surface area contributed by atoms with Gasteiger partial charge in [-0.2, -0.15) is 8.78 Å². The van der Waals surface area contributed by atoms with Crippen molar-refractivity contribution in [1.29, 1.82) is 0 Å². The molecule has 0 saturated carbocycles. The zero-order valence-electron chi connectivity index (χ0n) is 8.65. The van der Waals surface area contributed by atoms with Gasteiger partial charge in [-0.15, -0.1) is 0 Å². The number of benzene rings is 1. The molecule has 7 heteroatoms. The standard InChI is InChI=1S/C10H9F6N/c1-4-2-5(7(12)3-6(4)11)8(17)10(15,16)9(13)14/h2-3,8-9H,17H2,1H3. The predicted molar refractivity (Wildman–Crippen MR) is 49.0 cm³/mol. The van der Waals surface area contributed by atoms with Crippen LogP contribution in [0, 0.1) is 18.6 Å². The summed E-state index contributed by atoms with van der Waals surface area (Å²) in [5.74, 6) is -6.91. The van der Waals surface area contributed by atoms with E-state index in [1.54, 1.807) is 0 Å². The summed E-state index contributed by atoms with van der Waals surface area (Å²) in [6.07, 6.45) is -4.03. The molecule has 0 spiro atoms. The lowest BCUT2D eigenvalue weighted by molar-refractivity contribution is -0.145. The first kappa shape index (κ1) is 13.8. The molecular formula is C10H9F6N. The van der Waals surface area contributed by atoms with Crippen molar-refractivity contribution in [2.24, 2.45) is 5.73 Å². The molecule has 0 bridgehead atoms. The average molecular weight is 257 g/mol. The van der Waals surface area contributed by atoms with Crippen LogP contribution in [0.1, 0.15) is 17.2 Å². The second kappa shape index (κ2) is 4.56. The molecule has 0 radical (unpaired) electrons. The van der Waals surface area contributed by atoms with E-state index >= 15 is 0 Å². The minimum Gasteiger partial charge on any atom is -0.319 e. The molecule has 0 heterocycles. The number of nitrogens with two attached hydrogens (primary N) is 1. The quantitative estimate of drug-likeness (QED) is 0.827. The van der Waals surface area contributed by atoms with Crippen LogP contribution in [0.15, 0.2) is 12.1 Å². The number of hydrogen-bond acceptors (Lipinski definition) is 1. The smallest absolute Gasteiger partial charge is 0.319 e. The molecule has 1 rings (SSSR count). The van der Waals surface area contributed by atoms with Crippen molar-refractivity contribution in [1.82, 2.24) is 0 Å². The van der Waals surface area contributed by atoms with Gasteiger partial charge in [-0.25, -0.2) is 17.6 Å². The maximum atomic E-state index is 13.2. The maximum absolute atomic E-state index is 13.2. The molecule has 0 fully saturated rings. The van der Waals surface area contributed by atoms with Crippen molar-refractivity contribution in [3.05, 3.63) is 34.9 Å². The predicted octanol–water partition coefficient (Wildman–Crippen LogP) is 3.17. The molecule has 1 aromatic carbocycles. The number of alkyl halides is 4. The van der Waals surface area contributed by atoms with E-state index in [-0.39, 0.29) is 5.56 Å². The molecule has 0 amide bonds. The van der Waals surface area contributed by atoms with E-state index in [9.17, 15) is 26.3 Å². The molecule has 1 nitrogen and oxygen atoms in total. The van der Waals surface area contributed by atoms with Gasteiger partial charge in [0.1, 0.15) is 17.7 Å². The van der Waals surface area contributed by atoms with Crippen LogP contribution in [0.5, 0.6) is 0 Å². The van der Waals surface area contributed by atoms with Crippen molar-refractivity contribution in [2.75, 3.05) is 0 Å². The fourth-order valence-corrected chi connectivity index (χ4v) is 1.26. The highest BCUT2D eigenvalue weighted by Crippen LogP contribution is 2.36. The van der Waals surface area contributed by atoms with Gasteiger partial charge in [-0.1, -0.05) is 0 Å². The Balaban J connectivity index is 3.21. The number of halogens is 6. The Morgan fingerprint density at radius 1 is 1.12 bits per heavy atom. The Bertz CT molecular complexity index is 418. The van der Waals surface area contributed by atoms with Gasteiger partial charge in [-0.3, -0.25) is 0 Å². The first-order valence-corrected chi connectivity index (χ1v) is 4.55. The Morgan fingerprint density at radius 2 is 1.65 bits per heavy atom. The number of hydrogen-bond donors (Lipinski definition) is 1. The van der Waals surface area contributed by atoms with E-state index in [1.807, 2.05) is 0 Å². The monoisotopic (exact) mass is 257 g/mol. The lowest BCUT2D eigenvalue weighted by atomic mass is 9.99. The molecule has 0 aliphatic rings. The average Bonchev–Trinajstić information content (AvgIpc) is 2.22. The fraction of sp³-hybridized carbons (Fsp3) is 0.400. The zero-order chi connectivity index (χ0) is 13.4. The molecule has 96 valence electrons. The van der Waals surface area contributed by atoms with E-state index in [1.165, 1.54) is 6.92 Å². The molecule has 1 aromatic rings. The summed E-state index contributed by atoms with van der Waals surface area (Å²) in [7, 11) is 0. The van der Waals surface area contributed by atoms with E-state index in [4.69, 9.17) is 5.73 Å². The van der Waals surface area contributed by atoms with Crippen molar-refractivity contribution in [3.8, 4) is 0 Å². The third kappa shape index (κ3) is 2.54. The first-order chi connectivity index (χ1) is 7.67. The maximum Gasteiger partial charge on any atom is 0.326 e. The molecule has 0 saturated heterocycles. The third-order valence-electron chi connectivity index (χ3n) is 2.32. The topological polar surface area (TPSA) is 26.0 Å². The van der Waals surface area contributed by atoms with Gasteiger partial charge < -0.3 is 5.73 Å². The van der Waals surface area contributed by atoms with Crippen LogP contribution in [-0.4, -0.2) is 12.3 Å². The molecule has 0 aromatic heterocycles. The van der Waals surface area contributed by atoms with Crippen LogP contribution in [0.4, 0.5) is 26.3 Å². The Morgan fingerprint density at radius 3 is 2.12 bits per heavy atom. The summed E-state index contributed by atoms with van der Waals surface area (Å²) in [6.45, 7) is 1.19. The molecule has 0 aliphatic heterocycles. The van der Waals surface area contributed by atoms with Crippen molar-refractivity contribution >= 4 is 0 Å². The van der Waals surface area contributed by atoms with E-state index in [2.05, 4.69) is 0 Å². The van der Waals surface area contributed by atoms with Gasteiger partial charge in [0.05, 0.1) is 0 Å². The Labute approximate surface area is 93.2 Å². The van der Waals surface area contributed by atoms with Crippen molar-refractivity contribution in [3.63, 3.8) is 0 Å². The third-order valence-corrected chi connectivity index (χ3v) is 2.32. The summed E-state index contributed by atoms with van der Waals surface area (Å²) in [5, 5.41) is 0. The highest BCUT2D eigenvalue weighted by molar-refractivity contribution is 5.29. The molecule has 1 unspecified atom stereocenters. The van der Waals surface area contributed by atoms with E-state index in [0.717, 1.165) is 0 Å². The van der Waals surface area contributed by atoms with Crippen LogP contribution in [0.25, 0.3) is 0 Å². The van der Waals surface area contributed by atoms with Gasteiger partial charge in [0.2, 0.25) is 0 Å². The van der Waals surface area contributed by atoms with Crippen LogP contribution in [0.2, 0.25) is 0 Å². The summed E-state index contributed by atoms with van der Waals surface area (Å²) >= 11 is 0.